The molecule has 1 atom stereocenters. The second-order valence-electron chi connectivity index (χ2n) is 6.40. The largest absolute Gasteiger partial charge is 0.491 e. The number of nitrogens with zero attached hydrogens (tertiary/aromatic N) is 2. The van der Waals surface area contributed by atoms with Crippen LogP contribution in [0.1, 0.15) is 21.6 Å². The van der Waals surface area contributed by atoms with Gasteiger partial charge in [-0.25, -0.2) is 4.98 Å². The predicted octanol–water partition coefficient (Wildman–Crippen LogP) is 3.98. The molecule has 0 radical (unpaired) electrons. The molecule has 0 N–H and O–H groups in total. The van der Waals surface area contributed by atoms with Crippen LogP contribution in [0, 0.1) is 6.92 Å². The summed E-state index contributed by atoms with van der Waals surface area (Å²) >= 11 is 5.92. The third-order valence-electron chi connectivity index (χ3n) is 4.19. The number of rotatable bonds is 4. The van der Waals surface area contributed by atoms with Gasteiger partial charge in [0.25, 0.3) is 5.91 Å². The van der Waals surface area contributed by atoms with E-state index in [2.05, 4.69) is 4.98 Å². The maximum Gasteiger partial charge on any atom is 0.416 e. The van der Waals surface area contributed by atoms with Crippen molar-refractivity contribution < 1.29 is 27.4 Å². The first-order valence-electron chi connectivity index (χ1n) is 8.57. The molecule has 2 aromatic rings. The van der Waals surface area contributed by atoms with Crippen LogP contribution >= 0.6 is 11.6 Å². The highest BCUT2D eigenvalue weighted by atomic mass is 35.5. The highest BCUT2D eigenvalue weighted by Gasteiger charge is 2.31. The first-order chi connectivity index (χ1) is 13.2. The monoisotopic (exact) mass is 414 g/mol. The van der Waals surface area contributed by atoms with Gasteiger partial charge in [-0.05, 0) is 37.3 Å². The van der Waals surface area contributed by atoms with Crippen molar-refractivity contribution >= 4 is 17.5 Å². The van der Waals surface area contributed by atoms with Crippen LogP contribution in [0.2, 0.25) is 5.15 Å². The maximum absolute atomic E-state index is 12.8. The van der Waals surface area contributed by atoms with Crippen LogP contribution in [-0.4, -0.2) is 48.2 Å². The molecule has 1 fully saturated rings. The normalized spacial score (nSPS) is 17.5. The molecular weight excluding hydrogens is 397 g/mol. The Morgan fingerprint density at radius 1 is 1.36 bits per heavy atom. The second kappa shape index (κ2) is 8.36. The van der Waals surface area contributed by atoms with E-state index in [0.29, 0.717) is 24.4 Å². The van der Waals surface area contributed by atoms with Crippen molar-refractivity contribution in [3.63, 3.8) is 0 Å². The summed E-state index contributed by atoms with van der Waals surface area (Å²) in [6.07, 6.45) is -4.89. The van der Waals surface area contributed by atoms with Crippen LogP contribution in [0.3, 0.4) is 0 Å². The zero-order valence-corrected chi connectivity index (χ0v) is 15.8. The Morgan fingerprint density at radius 3 is 2.86 bits per heavy atom. The highest BCUT2D eigenvalue weighted by molar-refractivity contribution is 6.29. The summed E-state index contributed by atoms with van der Waals surface area (Å²) in [4.78, 5) is 18.3. The van der Waals surface area contributed by atoms with E-state index in [4.69, 9.17) is 21.1 Å². The van der Waals surface area contributed by atoms with Crippen LogP contribution in [-0.2, 0) is 10.9 Å². The maximum atomic E-state index is 12.8. The van der Waals surface area contributed by atoms with Crippen molar-refractivity contribution in [3.8, 4) is 5.75 Å². The van der Waals surface area contributed by atoms with Gasteiger partial charge >= 0.3 is 6.18 Å². The van der Waals surface area contributed by atoms with E-state index in [1.807, 2.05) is 0 Å². The van der Waals surface area contributed by atoms with E-state index in [9.17, 15) is 18.0 Å². The Kier molecular flexibility index (Phi) is 6.10. The SMILES string of the molecule is Cc1cc(C(=O)N2CCO[C@H](COc3cccc(C(F)(F)F)c3)C2)cc(Cl)n1. The molecule has 28 heavy (non-hydrogen) atoms. The predicted molar refractivity (Wildman–Crippen MR) is 96.6 cm³/mol. The Hall–Kier alpha value is -2.32. The molecule has 1 aliphatic rings. The van der Waals surface area contributed by atoms with E-state index in [1.165, 1.54) is 18.2 Å². The average molecular weight is 415 g/mol. The van der Waals surface area contributed by atoms with Crippen molar-refractivity contribution in [3.05, 3.63) is 58.4 Å². The molecule has 150 valence electrons. The number of hydrogen-bond acceptors (Lipinski definition) is 4. The fourth-order valence-electron chi connectivity index (χ4n) is 2.89. The molecule has 2 heterocycles. The van der Waals surface area contributed by atoms with Crippen LogP contribution in [0.15, 0.2) is 36.4 Å². The van der Waals surface area contributed by atoms with Crippen molar-refractivity contribution in [1.29, 1.82) is 0 Å². The molecule has 0 spiro atoms. The Labute approximate surface area is 165 Å². The lowest BCUT2D eigenvalue weighted by Crippen LogP contribution is -2.47. The number of ether oxygens (including phenoxy) is 2. The molecule has 0 aliphatic carbocycles. The van der Waals surface area contributed by atoms with E-state index < -0.39 is 17.8 Å². The number of amides is 1. The minimum Gasteiger partial charge on any atom is -0.491 e. The molecule has 5 nitrogen and oxygen atoms in total. The van der Waals surface area contributed by atoms with E-state index in [-0.39, 0.29) is 30.0 Å². The van der Waals surface area contributed by atoms with Crippen molar-refractivity contribution in [2.45, 2.75) is 19.2 Å². The summed E-state index contributed by atoms with van der Waals surface area (Å²) in [7, 11) is 0. The Morgan fingerprint density at radius 2 is 2.14 bits per heavy atom. The van der Waals surface area contributed by atoms with Crippen LogP contribution in [0.25, 0.3) is 0 Å². The minimum absolute atomic E-state index is 0.0290. The van der Waals surface area contributed by atoms with Crippen molar-refractivity contribution in [2.24, 2.45) is 0 Å². The number of benzene rings is 1. The molecule has 9 heteroatoms. The summed E-state index contributed by atoms with van der Waals surface area (Å²) in [6.45, 7) is 2.74. The number of aromatic nitrogens is 1. The summed E-state index contributed by atoms with van der Waals surface area (Å²) in [6, 6.07) is 7.80. The summed E-state index contributed by atoms with van der Waals surface area (Å²) < 4.78 is 49.4. The smallest absolute Gasteiger partial charge is 0.416 e. The fraction of sp³-hybridized carbons (Fsp3) is 0.368. The number of halogens is 4. The fourth-order valence-corrected chi connectivity index (χ4v) is 3.14. The van der Waals surface area contributed by atoms with Crippen LogP contribution in [0.5, 0.6) is 5.75 Å². The quantitative estimate of drug-likeness (QED) is 0.710. The second-order valence-corrected chi connectivity index (χ2v) is 6.79. The standard InChI is InChI=1S/C19H18ClF3N2O3/c1-12-7-13(8-17(20)24-12)18(26)25-5-6-27-16(10-25)11-28-15-4-2-3-14(9-15)19(21,22)23/h2-4,7-9,16H,5-6,10-11H2,1H3/t16-/m0/s1. The number of hydrogen-bond donors (Lipinski definition) is 0. The lowest BCUT2D eigenvalue weighted by molar-refractivity contribution is -0.137. The van der Waals surface area contributed by atoms with Gasteiger partial charge in [-0.3, -0.25) is 4.79 Å². The molecule has 3 rings (SSSR count). The van der Waals surface area contributed by atoms with Gasteiger partial charge in [0.1, 0.15) is 23.6 Å². The first-order valence-corrected chi connectivity index (χ1v) is 8.95. The van der Waals surface area contributed by atoms with E-state index in [1.54, 1.807) is 17.9 Å². The molecular formula is C19H18ClF3N2O3. The molecule has 1 saturated heterocycles. The minimum atomic E-state index is -4.44. The van der Waals surface area contributed by atoms with Gasteiger partial charge in [0.05, 0.1) is 18.7 Å². The number of morpholine rings is 1. The number of carbonyl (C=O) groups excluding carboxylic acids is 1. The van der Waals surface area contributed by atoms with E-state index in [0.717, 1.165) is 12.1 Å². The summed E-state index contributed by atoms with van der Waals surface area (Å²) in [5.74, 6) is -0.113. The zero-order chi connectivity index (χ0) is 20.3. The Balaban J connectivity index is 1.61. The molecule has 0 bridgehead atoms. The average Bonchev–Trinajstić information content (AvgIpc) is 2.65. The molecule has 0 saturated carbocycles. The van der Waals surface area contributed by atoms with Gasteiger partial charge < -0.3 is 14.4 Å². The summed E-state index contributed by atoms with van der Waals surface area (Å²) in [5.41, 5.74) is 0.279. The highest BCUT2D eigenvalue weighted by Crippen LogP contribution is 2.31. The molecule has 1 amide bonds. The molecule has 1 aliphatic heterocycles. The van der Waals surface area contributed by atoms with Crippen molar-refractivity contribution in [2.75, 3.05) is 26.3 Å². The first kappa shape index (κ1) is 20.4. The molecule has 0 unspecified atom stereocenters. The topological polar surface area (TPSA) is 51.7 Å². The molecule has 1 aromatic carbocycles. The van der Waals surface area contributed by atoms with Gasteiger partial charge in [0.15, 0.2) is 0 Å². The third kappa shape index (κ3) is 5.14. The number of carbonyl (C=O) groups is 1. The van der Waals surface area contributed by atoms with Crippen LogP contribution in [0.4, 0.5) is 13.2 Å². The lowest BCUT2D eigenvalue weighted by Gasteiger charge is -2.33. The Bertz CT molecular complexity index is 840. The van der Waals surface area contributed by atoms with Gasteiger partial charge in [-0.2, -0.15) is 13.2 Å². The van der Waals surface area contributed by atoms with Crippen molar-refractivity contribution in [1.82, 2.24) is 9.88 Å². The zero-order valence-electron chi connectivity index (χ0n) is 15.0. The van der Waals surface area contributed by atoms with Gasteiger partial charge in [-0.15, -0.1) is 0 Å². The number of pyridine rings is 1. The summed E-state index contributed by atoms with van der Waals surface area (Å²) in [5, 5.41) is 0.237. The van der Waals surface area contributed by atoms with Gasteiger partial charge in [-0.1, -0.05) is 17.7 Å². The third-order valence-corrected chi connectivity index (χ3v) is 4.39. The lowest BCUT2D eigenvalue weighted by atomic mass is 10.2. The van der Waals surface area contributed by atoms with Gasteiger partial charge in [0.2, 0.25) is 0 Å². The molecule has 1 aromatic heterocycles. The number of aryl methyl sites for hydroxylation is 1. The van der Waals surface area contributed by atoms with E-state index >= 15 is 0 Å². The van der Waals surface area contributed by atoms with Gasteiger partial charge in [0, 0.05) is 17.8 Å². The van der Waals surface area contributed by atoms with Crippen LogP contribution < -0.4 is 4.74 Å². The number of alkyl halides is 3.